The van der Waals surface area contributed by atoms with Gasteiger partial charge in [0.25, 0.3) is 0 Å². The lowest BCUT2D eigenvalue weighted by atomic mass is 9.77. The first kappa shape index (κ1) is 37.3. The highest BCUT2D eigenvalue weighted by atomic mass is 16.8. The number of nitrogens with zero attached hydrogens (tertiary/aromatic N) is 4. The summed E-state index contributed by atoms with van der Waals surface area (Å²) in [5, 5.41) is 3.86. The fourth-order valence-electron chi connectivity index (χ4n) is 7.87. The van der Waals surface area contributed by atoms with Gasteiger partial charge in [-0.15, -0.1) is 0 Å². The van der Waals surface area contributed by atoms with E-state index in [0.717, 1.165) is 45.1 Å². The van der Waals surface area contributed by atoms with Crippen molar-refractivity contribution >= 4 is 17.0 Å². The molecule has 5 aromatic carbocycles. The third-order valence-electron chi connectivity index (χ3n) is 10.8. The average molecular weight is 778 g/mol. The number of rotatable bonds is 14. The zero-order valence-corrected chi connectivity index (χ0v) is 32.3. The van der Waals surface area contributed by atoms with Gasteiger partial charge >= 0.3 is 0 Å². The molecule has 12 nitrogen and oxygen atoms in total. The second-order valence-corrected chi connectivity index (χ2v) is 14.1. The zero-order valence-electron chi connectivity index (χ0n) is 32.3. The maximum Gasteiger partial charge on any atom is 0.185 e. The van der Waals surface area contributed by atoms with E-state index in [4.69, 9.17) is 48.1 Å². The monoisotopic (exact) mass is 777 g/mol. The number of methoxy groups -OCH3 is 3. The smallest absolute Gasteiger partial charge is 0.185 e. The molecule has 0 radical (unpaired) electrons. The van der Waals surface area contributed by atoms with Gasteiger partial charge in [0, 0.05) is 5.56 Å². The van der Waals surface area contributed by atoms with Gasteiger partial charge in [0.2, 0.25) is 0 Å². The summed E-state index contributed by atoms with van der Waals surface area (Å²) in [5.74, 6) is 2.76. The number of anilines is 1. The van der Waals surface area contributed by atoms with E-state index in [2.05, 4.69) is 41.7 Å². The molecule has 0 spiro atoms. The fraction of sp³-hybridized carbons (Fsp3) is 0.239. The fourth-order valence-corrected chi connectivity index (χ4v) is 7.87. The Balaban J connectivity index is 1.09. The van der Waals surface area contributed by atoms with Crippen LogP contribution in [-0.4, -0.2) is 65.8 Å². The Kier molecular flexibility index (Phi) is 10.5. The van der Waals surface area contributed by atoms with Gasteiger partial charge in [0.15, 0.2) is 29.5 Å². The molecule has 2 aromatic heterocycles. The molecular formula is C46H43N5O7. The minimum Gasteiger partial charge on any atom is -0.497 e. The van der Waals surface area contributed by atoms with Crippen LogP contribution < -0.4 is 19.5 Å². The number of hydrogen-bond donors (Lipinski definition) is 1. The van der Waals surface area contributed by atoms with Crippen LogP contribution in [0.25, 0.3) is 11.2 Å². The van der Waals surface area contributed by atoms with Crippen molar-refractivity contribution in [3.63, 3.8) is 0 Å². The molecule has 0 bridgehead atoms. The summed E-state index contributed by atoms with van der Waals surface area (Å²) in [6.45, 7) is 0.732. The summed E-state index contributed by atoms with van der Waals surface area (Å²) in [4.78, 5) is 14.5. The van der Waals surface area contributed by atoms with E-state index in [9.17, 15) is 0 Å². The molecule has 2 aliphatic rings. The lowest BCUT2D eigenvalue weighted by molar-refractivity contribution is -0.158. The average Bonchev–Trinajstić information content (AvgIpc) is 4.02. The largest absolute Gasteiger partial charge is 0.497 e. The molecule has 12 heteroatoms. The van der Waals surface area contributed by atoms with Crippen molar-refractivity contribution < 1.29 is 33.2 Å². The van der Waals surface area contributed by atoms with E-state index in [1.807, 2.05) is 102 Å². The topological polar surface area (TPSA) is 120 Å². The van der Waals surface area contributed by atoms with Crippen molar-refractivity contribution in [2.45, 2.75) is 43.0 Å². The van der Waals surface area contributed by atoms with Gasteiger partial charge < -0.3 is 38.5 Å². The Morgan fingerprint density at radius 3 is 1.81 bits per heavy atom. The summed E-state index contributed by atoms with van der Waals surface area (Å²) >= 11 is 0. The number of ether oxygens (including phenoxy) is 7. The second-order valence-electron chi connectivity index (χ2n) is 14.1. The van der Waals surface area contributed by atoms with Crippen LogP contribution in [-0.2, 0) is 31.1 Å². The molecule has 7 aromatic rings. The molecule has 2 saturated heterocycles. The predicted octanol–water partition coefficient (Wildman–Crippen LogP) is 7.85. The number of benzene rings is 5. The molecular weight excluding hydrogens is 735 g/mol. The van der Waals surface area contributed by atoms with Gasteiger partial charge in [-0.25, -0.2) is 15.0 Å². The summed E-state index contributed by atoms with van der Waals surface area (Å²) in [7, 11) is 4.96. The molecule has 2 fully saturated rings. The Morgan fingerprint density at radius 2 is 1.19 bits per heavy atom. The van der Waals surface area contributed by atoms with Crippen molar-refractivity contribution in [3.8, 4) is 17.2 Å². The van der Waals surface area contributed by atoms with Crippen LogP contribution in [0.4, 0.5) is 5.82 Å². The third kappa shape index (κ3) is 7.00. The predicted molar refractivity (Wildman–Crippen MR) is 217 cm³/mol. The highest BCUT2D eigenvalue weighted by molar-refractivity contribution is 5.84. The quantitative estimate of drug-likeness (QED) is 0.109. The molecule has 294 valence electrons. The first-order chi connectivity index (χ1) is 28.6. The van der Waals surface area contributed by atoms with Crippen molar-refractivity contribution in [1.29, 1.82) is 0 Å². The second kappa shape index (κ2) is 16.3. The molecule has 9 rings (SSSR count). The number of nitrogens with one attached hydrogen (secondary N) is 1. The molecule has 0 amide bonds. The van der Waals surface area contributed by atoms with Crippen LogP contribution in [0.1, 0.15) is 40.3 Å². The molecule has 58 heavy (non-hydrogen) atoms. The van der Waals surface area contributed by atoms with Crippen LogP contribution >= 0.6 is 0 Å². The summed E-state index contributed by atoms with van der Waals surface area (Å²) in [6, 6.07) is 44.1. The SMILES string of the molecule is COc1ccc(C2O[C@@H]3[C@H](O2)[C@@H](COCc2ccccc2)O[C@H]3n2cnc3c(NC(c4ccccc4)(c4ccc(OC)cc4)c4ccc(OC)cc4)ncnc32)cc1. The van der Waals surface area contributed by atoms with Crippen LogP contribution in [0.5, 0.6) is 17.2 Å². The van der Waals surface area contributed by atoms with Gasteiger partial charge in [-0.2, -0.15) is 0 Å². The van der Waals surface area contributed by atoms with Crippen molar-refractivity contribution in [1.82, 2.24) is 19.5 Å². The van der Waals surface area contributed by atoms with Gasteiger partial charge in [-0.1, -0.05) is 97.1 Å². The van der Waals surface area contributed by atoms with Crippen molar-refractivity contribution in [2.24, 2.45) is 0 Å². The van der Waals surface area contributed by atoms with E-state index >= 15 is 0 Å². The maximum atomic E-state index is 6.76. The Hall–Kier alpha value is -6.31. The van der Waals surface area contributed by atoms with Crippen molar-refractivity contribution in [2.75, 3.05) is 33.3 Å². The highest BCUT2D eigenvalue weighted by Gasteiger charge is 2.54. The molecule has 1 unspecified atom stereocenters. The lowest BCUT2D eigenvalue weighted by Crippen LogP contribution is -2.38. The summed E-state index contributed by atoms with van der Waals surface area (Å²) < 4.78 is 44.7. The van der Waals surface area contributed by atoms with E-state index < -0.39 is 36.4 Å². The molecule has 0 aliphatic carbocycles. The normalized spacial score (nSPS) is 20.2. The first-order valence-electron chi connectivity index (χ1n) is 19.1. The standard InChI is InChI=1S/C46H43N5O7/c1-52-35-20-14-31(15-21-35)45-57-40-38(27-55-26-30-10-6-4-7-11-30)56-44(41(40)58-45)51-29-49-39-42(47-28-48-43(39)51)50-46(32-12-8-5-9-13-32,33-16-22-36(53-2)23-17-33)34-18-24-37(54-3)25-19-34/h4-25,28-29,38,40-41,44-45H,26-27H2,1-3H3,(H,47,48,50)/t38-,40-,41-,44-,45?/m1/s1. The maximum absolute atomic E-state index is 6.76. The molecule has 5 atom stereocenters. The van der Waals surface area contributed by atoms with Gasteiger partial charge in [0.1, 0.15) is 47.4 Å². The summed E-state index contributed by atoms with van der Waals surface area (Å²) in [5.41, 5.74) is 5.02. The van der Waals surface area contributed by atoms with Crippen LogP contribution in [0.15, 0.2) is 146 Å². The minimum absolute atomic E-state index is 0.295. The van der Waals surface area contributed by atoms with Crippen LogP contribution in [0.3, 0.4) is 0 Å². The van der Waals surface area contributed by atoms with Gasteiger partial charge in [-0.05, 0) is 58.7 Å². The van der Waals surface area contributed by atoms with Gasteiger partial charge in [-0.3, -0.25) is 4.57 Å². The molecule has 1 N–H and O–H groups in total. The van der Waals surface area contributed by atoms with Gasteiger partial charge in [0.05, 0.1) is 40.9 Å². The third-order valence-corrected chi connectivity index (χ3v) is 10.8. The van der Waals surface area contributed by atoms with E-state index in [1.54, 1.807) is 34.0 Å². The molecule has 0 saturated carbocycles. The van der Waals surface area contributed by atoms with Crippen LogP contribution in [0, 0.1) is 0 Å². The van der Waals surface area contributed by atoms with E-state index in [1.165, 1.54) is 0 Å². The van der Waals surface area contributed by atoms with E-state index in [0.29, 0.717) is 30.2 Å². The highest BCUT2D eigenvalue weighted by Crippen LogP contribution is 2.46. The lowest BCUT2D eigenvalue weighted by Gasteiger charge is -2.37. The number of imidazole rings is 1. The Labute approximate surface area is 336 Å². The van der Waals surface area contributed by atoms with Crippen LogP contribution in [0.2, 0.25) is 0 Å². The zero-order chi connectivity index (χ0) is 39.5. The minimum atomic E-state index is -0.936. The first-order valence-corrected chi connectivity index (χ1v) is 19.1. The van der Waals surface area contributed by atoms with E-state index in [-0.39, 0.29) is 0 Å². The summed E-state index contributed by atoms with van der Waals surface area (Å²) in [6.07, 6.45) is 0.659. The Bertz CT molecular complexity index is 2380. The number of fused-ring (bicyclic) bond motifs is 2. The number of hydrogen-bond acceptors (Lipinski definition) is 11. The number of aromatic nitrogens is 4. The molecule has 4 heterocycles. The Morgan fingerprint density at radius 1 is 0.621 bits per heavy atom. The molecule has 2 aliphatic heterocycles. The van der Waals surface area contributed by atoms with Crippen molar-refractivity contribution in [3.05, 3.63) is 174 Å².